The number of nitrogens with zero attached hydrogens (tertiary/aromatic N) is 2. The monoisotopic (exact) mass is 429 g/mol. The molecule has 0 bridgehead atoms. The van der Waals surface area contributed by atoms with Gasteiger partial charge in [-0.1, -0.05) is 37.3 Å². The quantitative estimate of drug-likeness (QED) is 0.649. The van der Waals surface area contributed by atoms with Gasteiger partial charge >= 0.3 is 0 Å². The SMILES string of the molecule is COCCCNC(=O)C(C)C1CCN(C(=O)c2sc(-c3ccccc3)nc2C)CC1. The van der Waals surface area contributed by atoms with Gasteiger partial charge in [0.15, 0.2) is 0 Å². The molecule has 2 amide bonds. The zero-order valence-electron chi connectivity index (χ0n) is 18.0. The molecule has 0 radical (unpaired) electrons. The van der Waals surface area contributed by atoms with Gasteiger partial charge in [-0.2, -0.15) is 0 Å². The van der Waals surface area contributed by atoms with E-state index in [9.17, 15) is 9.59 Å². The van der Waals surface area contributed by atoms with Crippen molar-refractivity contribution in [1.29, 1.82) is 0 Å². The number of aryl methyl sites for hydroxylation is 1. The number of hydrogen-bond donors (Lipinski definition) is 1. The first-order valence-corrected chi connectivity index (χ1v) is 11.4. The molecule has 0 spiro atoms. The van der Waals surface area contributed by atoms with E-state index in [1.165, 1.54) is 11.3 Å². The lowest BCUT2D eigenvalue weighted by molar-refractivity contribution is -0.126. The van der Waals surface area contributed by atoms with E-state index in [0.717, 1.165) is 40.4 Å². The number of thiazole rings is 1. The lowest BCUT2D eigenvalue weighted by Crippen LogP contribution is -2.42. The van der Waals surface area contributed by atoms with Crippen molar-refractivity contribution in [3.05, 3.63) is 40.9 Å². The molecule has 1 saturated heterocycles. The van der Waals surface area contributed by atoms with E-state index < -0.39 is 0 Å². The third-order valence-electron chi connectivity index (χ3n) is 5.78. The van der Waals surface area contributed by atoms with Crippen molar-refractivity contribution in [3.63, 3.8) is 0 Å². The van der Waals surface area contributed by atoms with Gasteiger partial charge in [-0.05, 0) is 32.1 Å². The number of methoxy groups -OCH3 is 1. The number of hydrogen-bond acceptors (Lipinski definition) is 5. The van der Waals surface area contributed by atoms with E-state index >= 15 is 0 Å². The number of nitrogens with one attached hydrogen (secondary N) is 1. The van der Waals surface area contributed by atoms with Crippen LogP contribution in [0.1, 0.15) is 41.6 Å². The fraction of sp³-hybridized carbons (Fsp3) is 0.522. The molecule has 0 saturated carbocycles. The molecule has 6 nitrogen and oxygen atoms in total. The summed E-state index contributed by atoms with van der Waals surface area (Å²) in [7, 11) is 1.66. The van der Waals surface area contributed by atoms with Crippen LogP contribution >= 0.6 is 11.3 Å². The molecule has 1 N–H and O–H groups in total. The number of aromatic nitrogens is 1. The smallest absolute Gasteiger partial charge is 0.265 e. The maximum Gasteiger partial charge on any atom is 0.265 e. The van der Waals surface area contributed by atoms with Crippen LogP contribution in [0.25, 0.3) is 10.6 Å². The fourth-order valence-electron chi connectivity index (χ4n) is 3.85. The van der Waals surface area contributed by atoms with Crippen LogP contribution in [-0.4, -0.2) is 55.0 Å². The summed E-state index contributed by atoms with van der Waals surface area (Å²) in [6, 6.07) is 9.96. The predicted octanol–water partition coefficient (Wildman–Crippen LogP) is 3.76. The molecule has 2 heterocycles. The second-order valence-electron chi connectivity index (χ2n) is 7.86. The molecule has 2 aromatic rings. The average molecular weight is 430 g/mol. The number of ether oxygens (including phenoxy) is 1. The number of likely N-dealkylation sites (tertiary alicyclic amines) is 1. The molecular weight excluding hydrogens is 398 g/mol. The third kappa shape index (κ3) is 5.46. The normalized spacial score (nSPS) is 15.8. The zero-order chi connectivity index (χ0) is 21.5. The van der Waals surface area contributed by atoms with Gasteiger partial charge in [0.25, 0.3) is 5.91 Å². The summed E-state index contributed by atoms with van der Waals surface area (Å²) in [5, 5.41) is 3.87. The number of rotatable bonds is 8. The Kier molecular flexibility index (Phi) is 7.99. The molecule has 1 unspecified atom stereocenters. The lowest BCUT2D eigenvalue weighted by atomic mass is 9.84. The number of amides is 2. The Bertz CT molecular complexity index is 845. The first-order valence-electron chi connectivity index (χ1n) is 10.6. The van der Waals surface area contributed by atoms with Crippen molar-refractivity contribution in [2.24, 2.45) is 11.8 Å². The topological polar surface area (TPSA) is 71.5 Å². The van der Waals surface area contributed by atoms with E-state index in [4.69, 9.17) is 4.74 Å². The van der Waals surface area contributed by atoms with Crippen molar-refractivity contribution in [2.45, 2.75) is 33.1 Å². The van der Waals surface area contributed by atoms with Crippen molar-refractivity contribution >= 4 is 23.2 Å². The summed E-state index contributed by atoms with van der Waals surface area (Å²) in [5.41, 5.74) is 1.82. The molecule has 7 heteroatoms. The van der Waals surface area contributed by atoms with Gasteiger partial charge in [0.2, 0.25) is 5.91 Å². The van der Waals surface area contributed by atoms with E-state index in [0.29, 0.717) is 32.2 Å². The standard InChI is InChI=1S/C23H31N3O3S/c1-16(21(27)24-12-7-15-29-3)18-10-13-26(14-11-18)23(28)20-17(2)25-22(30-20)19-8-5-4-6-9-19/h4-6,8-9,16,18H,7,10-15H2,1-3H3,(H,24,27). The van der Waals surface area contributed by atoms with Crippen LogP contribution in [0.2, 0.25) is 0 Å². The minimum Gasteiger partial charge on any atom is -0.385 e. The van der Waals surface area contributed by atoms with Crippen LogP contribution in [0.15, 0.2) is 30.3 Å². The van der Waals surface area contributed by atoms with Crippen molar-refractivity contribution in [1.82, 2.24) is 15.2 Å². The maximum absolute atomic E-state index is 13.1. The molecule has 1 atom stereocenters. The van der Waals surface area contributed by atoms with Crippen molar-refractivity contribution < 1.29 is 14.3 Å². The predicted molar refractivity (Wildman–Crippen MR) is 120 cm³/mol. The Morgan fingerprint density at radius 3 is 2.63 bits per heavy atom. The summed E-state index contributed by atoms with van der Waals surface area (Å²) in [5.74, 6) is 0.419. The molecule has 3 rings (SSSR count). The second-order valence-corrected chi connectivity index (χ2v) is 8.85. The van der Waals surface area contributed by atoms with Crippen LogP contribution in [0, 0.1) is 18.8 Å². The van der Waals surface area contributed by atoms with Gasteiger partial charge in [0.05, 0.1) is 5.69 Å². The molecule has 1 aliphatic heterocycles. The Balaban J connectivity index is 1.54. The first-order chi connectivity index (χ1) is 14.5. The Morgan fingerprint density at radius 2 is 1.97 bits per heavy atom. The van der Waals surface area contributed by atoms with Crippen LogP contribution in [0.4, 0.5) is 0 Å². The summed E-state index contributed by atoms with van der Waals surface area (Å²) in [6.45, 7) is 6.55. The van der Waals surface area contributed by atoms with E-state index in [1.54, 1.807) is 7.11 Å². The van der Waals surface area contributed by atoms with Gasteiger partial charge < -0.3 is 15.0 Å². The highest BCUT2D eigenvalue weighted by molar-refractivity contribution is 7.17. The minimum absolute atomic E-state index is 0.0420. The second kappa shape index (κ2) is 10.7. The van der Waals surface area contributed by atoms with Crippen LogP contribution in [0.3, 0.4) is 0 Å². The van der Waals surface area contributed by atoms with Crippen LogP contribution in [-0.2, 0) is 9.53 Å². The highest BCUT2D eigenvalue weighted by Gasteiger charge is 2.31. The lowest BCUT2D eigenvalue weighted by Gasteiger charge is -2.34. The largest absolute Gasteiger partial charge is 0.385 e. The summed E-state index contributed by atoms with van der Waals surface area (Å²) >= 11 is 1.46. The highest BCUT2D eigenvalue weighted by atomic mass is 32.1. The molecule has 0 aliphatic carbocycles. The number of benzene rings is 1. The Labute approximate surface area is 182 Å². The minimum atomic E-state index is -0.0420. The number of carbonyl (C=O) groups is 2. The van der Waals surface area contributed by atoms with Gasteiger partial charge in [0.1, 0.15) is 9.88 Å². The number of carbonyl (C=O) groups excluding carboxylic acids is 2. The van der Waals surface area contributed by atoms with Gasteiger partial charge in [-0.15, -0.1) is 11.3 Å². The third-order valence-corrected chi connectivity index (χ3v) is 6.98. The Hall–Kier alpha value is -2.25. The summed E-state index contributed by atoms with van der Waals surface area (Å²) in [6.07, 6.45) is 2.52. The van der Waals surface area contributed by atoms with E-state index in [1.807, 2.05) is 49.1 Å². The van der Waals surface area contributed by atoms with Crippen molar-refractivity contribution in [3.8, 4) is 10.6 Å². The molecular formula is C23H31N3O3S. The molecule has 1 aromatic heterocycles. The first kappa shape index (κ1) is 22.4. The molecule has 1 fully saturated rings. The summed E-state index contributed by atoms with van der Waals surface area (Å²) < 4.78 is 5.01. The van der Waals surface area contributed by atoms with E-state index in [-0.39, 0.29) is 17.7 Å². The fourth-order valence-corrected chi connectivity index (χ4v) is 4.89. The van der Waals surface area contributed by atoms with E-state index in [2.05, 4.69) is 10.3 Å². The molecule has 162 valence electrons. The van der Waals surface area contributed by atoms with Gasteiger partial charge in [-0.25, -0.2) is 4.98 Å². The average Bonchev–Trinajstić information content (AvgIpc) is 3.18. The van der Waals surface area contributed by atoms with Gasteiger partial charge in [0, 0.05) is 44.8 Å². The molecule has 1 aliphatic rings. The molecule has 1 aromatic carbocycles. The number of piperidine rings is 1. The van der Waals surface area contributed by atoms with Gasteiger partial charge in [-0.3, -0.25) is 9.59 Å². The van der Waals surface area contributed by atoms with Crippen LogP contribution < -0.4 is 5.32 Å². The van der Waals surface area contributed by atoms with Crippen LogP contribution in [0.5, 0.6) is 0 Å². The molecule has 30 heavy (non-hydrogen) atoms. The maximum atomic E-state index is 13.1. The Morgan fingerprint density at radius 1 is 1.27 bits per heavy atom. The highest BCUT2D eigenvalue weighted by Crippen LogP contribution is 2.31. The summed E-state index contributed by atoms with van der Waals surface area (Å²) in [4.78, 5) is 32.7. The zero-order valence-corrected chi connectivity index (χ0v) is 18.8. The van der Waals surface area contributed by atoms with Crippen molar-refractivity contribution in [2.75, 3.05) is 33.4 Å².